The Kier molecular flexibility index (Phi) is 6.16. The molecule has 0 unspecified atom stereocenters. The minimum absolute atomic E-state index is 0.0387. The van der Waals surface area contributed by atoms with Crippen molar-refractivity contribution in [3.63, 3.8) is 0 Å². The number of halogens is 1. The molecular weight excluding hydrogens is 293 g/mol. The monoisotopic (exact) mass is 317 g/mol. The van der Waals surface area contributed by atoms with Crippen LogP contribution in [-0.4, -0.2) is 32.6 Å². The zero-order valence-electron chi connectivity index (χ0n) is 13.1. The van der Waals surface area contributed by atoms with Crippen LogP contribution < -0.4 is 10.1 Å². The van der Waals surface area contributed by atoms with Crippen molar-refractivity contribution in [3.8, 4) is 5.75 Å². The van der Waals surface area contributed by atoms with Crippen LogP contribution in [0.3, 0.4) is 0 Å². The van der Waals surface area contributed by atoms with Crippen LogP contribution >= 0.6 is 0 Å². The van der Waals surface area contributed by atoms with Gasteiger partial charge >= 0.3 is 0 Å². The summed E-state index contributed by atoms with van der Waals surface area (Å²) in [5, 5.41) is 3.28. The summed E-state index contributed by atoms with van der Waals surface area (Å²) in [6, 6.07) is 4.78. The molecule has 0 fully saturated rings. The number of para-hydroxylation sites is 1. The van der Waals surface area contributed by atoms with Crippen LogP contribution in [0.5, 0.6) is 5.75 Å². The Bertz CT molecular complexity index is 565. The van der Waals surface area contributed by atoms with E-state index in [9.17, 15) is 12.8 Å². The minimum atomic E-state index is -3.01. The third-order valence-electron chi connectivity index (χ3n) is 2.76. The number of hydrogen-bond donors (Lipinski definition) is 1. The molecule has 120 valence electrons. The first-order chi connectivity index (χ1) is 9.58. The van der Waals surface area contributed by atoms with E-state index in [2.05, 4.69) is 5.32 Å². The number of nitrogens with one attached hydrogen (secondary N) is 1. The van der Waals surface area contributed by atoms with Gasteiger partial charge in [-0.15, -0.1) is 0 Å². The smallest absolute Gasteiger partial charge is 0.165 e. The molecule has 0 amide bonds. The lowest BCUT2D eigenvalue weighted by Crippen LogP contribution is -2.35. The molecule has 0 spiro atoms. The topological polar surface area (TPSA) is 55.4 Å². The average molecular weight is 317 g/mol. The molecule has 1 rings (SSSR count). The molecule has 0 atom stereocenters. The Morgan fingerprint density at radius 1 is 1.29 bits per heavy atom. The van der Waals surface area contributed by atoms with E-state index in [0.29, 0.717) is 13.0 Å². The highest BCUT2D eigenvalue weighted by Gasteiger charge is 2.14. The van der Waals surface area contributed by atoms with Gasteiger partial charge in [0.15, 0.2) is 11.6 Å². The molecular formula is C15H24FNO3S. The fourth-order valence-corrected chi connectivity index (χ4v) is 2.35. The first-order valence-electron chi connectivity index (χ1n) is 6.91. The van der Waals surface area contributed by atoms with Gasteiger partial charge in [-0.1, -0.05) is 12.1 Å². The lowest BCUT2D eigenvalue weighted by atomic mass is 10.1. The van der Waals surface area contributed by atoms with Crippen LogP contribution in [-0.2, 0) is 16.4 Å². The van der Waals surface area contributed by atoms with E-state index >= 15 is 0 Å². The molecule has 0 heterocycles. The van der Waals surface area contributed by atoms with Gasteiger partial charge in [0.05, 0.1) is 12.4 Å². The molecule has 0 saturated heterocycles. The van der Waals surface area contributed by atoms with Gasteiger partial charge in [-0.2, -0.15) is 0 Å². The summed E-state index contributed by atoms with van der Waals surface area (Å²) in [5.41, 5.74) is 0.643. The summed E-state index contributed by atoms with van der Waals surface area (Å²) in [6.07, 6.45) is 1.52. The summed E-state index contributed by atoms with van der Waals surface area (Å²) in [4.78, 5) is 0. The molecule has 0 radical (unpaired) electrons. The molecule has 0 aliphatic heterocycles. The van der Waals surface area contributed by atoms with Crippen molar-refractivity contribution >= 4 is 9.84 Å². The molecule has 1 aromatic rings. The maximum absolute atomic E-state index is 13.9. The minimum Gasteiger partial charge on any atom is -0.490 e. The number of rotatable bonds is 7. The average Bonchev–Trinajstić information content (AvgIpc) is 2.31. The number of ether oxygens (including phenoxy) is 1. The van der Waals surface area contributed by atoms with E-state index in [1.165, 1.54) is 12.3 Å². The highest BCUT2D eigenvalue weighted by Crippen LogP contribution is 2.23. The molecule has 0 bridgehead atoms. The molecule has 0 saturated carbocycles. The highest BCUT2D eigenvalue weighted by atomic mass is 32.2. The van der Waals surface area contributed by atoms with Crippen LogP contribution in [0.4, 0.5) is 4.39 Å². The van der Waals surface area contributed by atoms with Crippen molar-refractivity contribution in [1.29, 1.82) is 0 Å². The van der Waals surface area contributed by atoms with E-state index < -0.39 is 15.7 Å². The SMILES string of the molecule is CC(C)(C)NCc1cccc(F)c1OCCCS(C)(=O)=O. The third kappa shape index (κ3) is 7.43. The third-order valence-corrected chi connectivity index (χ3v) is 3.79. The van der Waals surface area contributed by atoms with Crippen LogP contribution in [0.25, 0.3) is 0 Å². The quantitative estimate of drug-likeness (QED) is 0.785. The van der Waals surface area contributed by atoms with E-state index in [0.717, 1.165) is 5.56 Å². The van der Waals surface area contributed by atoms with Crippen LogP contribution in [0.1, 0.15) is 32.8 Å². The fraction of sp³-hybridized carbons (Fsp3) is 0.600. The number of benzene rings is 1. The molecule has 1 N–H and O–H groups in total. The summed E-state index contributed by atoms with van der Waals surface area (Å²) >= 11 is 0. The van der Waals surface area contributed by atoms with Crippen molar-refractivity contribution in [1.82, 2.24) is 5.32 Å². The van der Waals surface area contributed by atoms with E-state index in [4.69, 9.17) is 4.74 Å². The first kappa shape index (κ1) is 17.9. The summed E-state index contributed by atoms with van der Waals surface area (Å²) < 4.78 is 41.4. The maximum atomic E-state index is 13.9. The van der Waals surface area contributed by atoms with Gasteiger partial charge in [-0.25, -0.2) is 12.8 Å². The summed E-state index contributed by atoms with van der Waals surface area (Å²) in [6.45, 7) is 6.75. The predicted molar refractivity (Wildman–Crippen MR) is 82.8 cm³/mol. The second-order valence-corrected chi connectivity index (χ2v) is 8.42. The lowest BCUT2D eigenvalue weighted by Gasteiger charge is -2.21. The lowest BCUT2D eigenvalue weighted by molar-refractivity contribution is 0.295. The predicted octanol–water partition coefficient (Wildman–Crippen LogP) is 2.53. The molecule has 6 heteroatoms. The highest BCUT2D eigenvalue weighted by molar-refractivity contribution is 7.90. The molecule has 4 nitrogen and oxygen atoms in total. The summed E-state index contributed by atoms with van der Waals surface area (Å²) in [7, 11) is -3.01. The molecule has 0 aromatic heterocycles. The van der Waals surface area contributed by atoms with Crippen molar-refractivity contribution in [2.45, 2.75) is 39.3 Å². The molecule has 0 aliphatic carbocycles. The van der Waals surface area contributed by atoms with Crippen molar-refractivity contribution < 1.29 is 17.5 Å². The zero-order chi connectivity index (χ0) is 16.1. The second kappa shape index (κ2) is 7.22. The zero-order valence-corrected chi connectivity index (χ0v) is 13.9. The van der Waals surface area contributed by atoms with Gasteiger partial charge in [0.1, 0.15) is 9.84 Å². The molecule has 0 aliphatic rings. The standard InChI is InChI=1S/C15H24FNO3S/c1-15(2,3)17-11-12-7-5-8-13(16)14(12)20-9-6-10-21(4,18)19/h5,7-8,17H,6,9-11H2,1-4H3. The fourth-order valence-electron chi connectivity index (χ4n) is 1.71. The van der Waals surface area contributed by atoms with Crippen LogP contribution in [0, 0.1) is 5.82 Å². The van der Waals surface area contributed by atoms with Crippen molar-refractivity contribution in [3.05, 3.63) is 29.6 Å². The van der Waals surface area contributed by atoms with Gasteiger partial charge in [0.25, 0.3) is 0 Å². The Morgan fingerprint density at radius 2 is 1.95 bits per heavy atom. The van der Waals surface area contributed by atoms with E-state index in [1.807, 2.05) is 20.8 Å². The van der Waals surface area contributed by atoms with Gasteiger partial charge < -0.3 is 10.1 Å². The second-order valence-electron chi connectivity index (χ2n) is 6.16. The Balaban J connectivity index is 2.67. The summed E-state index contributed by atoms with van der Waals surface area (Å²) in [5.74, 6) is -0.192. The number of hydrogen-bond acceptors (Lipinski definition) is 4. The normalized spacial score (nSPS) is 12.4. The van der Waals surface area contributed by atoms with Crippen LogP contribution in [0.15, 0.2) is 18.2 Å². The van der Waals surface area contributed by atoms with Gasteiger partial charge in [-0.05, 0) is 33.3 Å². The Hall–Kier alpha value is -1.14. The largest absolute Gasteiger partial charge is 0.490 e. The molecule has 1 aromatic carbocycles. The van der Waals surface area contributed by atoms with Crippen molar-refractivity contribution in [2.24, 2.45) is 0 Å². The first-order valence-corrected chi connectivity index (χ1v) is 8.97. The van der Waals surface area contributed by atoms with E-state index in [1.54, 1.807) is 12.1 Å². The van der Waals surface area contributed by atoms with Gasteiger partial charge in [-0.3, -0.25) is 0 Å². The van der Waals surface area contributed by atoms with Crippen LogP contribution in [0.2, 0.25) is 0 Å². The molecule has 21 heavy (non-hydrogen) atoms. The Labute approximate surface area is 126 Å². The van der Waals surface area contributed by atoms with Crippen molar-refractivity contribution in [2.75, 3.05) is 18.6 Å². The van der Waals surface area contributed by atoms with Gasteiger partial charge in [0, 0.05) is 23.9 Å². The van der Waals surface area contributed by atoms with E-state index in [-0.39, 0.29) is 23.6 Å². The maximum Gasteiger partial charge on any atom is 0.165 e. The number of sulfone groups is 1. The Morgan fingerprint density at radius 3 is 2.52 bits per heavy atom. The van der Waals surface area contributed by atoms with Gasteiger partial charge in [0.2, 0.25) is 0 Å².